The van der Waals surface area contributed by atoms with Crippen molar-refractivity contribution in [2.45, 2.75) is 62.5 Å². The molecule has 3 atom stereocenters. The second kappa shape index (κ2) is 3.65. The first-order valence-electron chi connectivity index (χ1n) is 5.54. The number of hydrogen-bond acceptors (Lipinski definition) is 2. The first kappa shape index (κ1) is 11.2. The van der Waals surface area contributed by atoms with E-state index in [1.54, 1.807) is 0 Å². The second-order valence-electron chi connectivity index (χ2n) is 5.44. The Morgan fingerprint density at radius 1 is 1.40 bits per heavy atom. The summed E-state index contributed by atoms with van der Waals surface area (Å²) in [6, 6.07) is 0.749. The number of carbonyl (C=O) groups excluding carboxylic acids is 1. The lowest BCUT2D eigenvalue weighted by Crippen LogP contribution is -2.40. The highest BCUT2D eigenvalue weighted by molar-refractivity contribution is 9.09. The highest BCUT2D eigenvalue weighted by Gasteiger charge is 2.48. The molecule has 2 saturated heterocycles. The van der Waals surface area contributed by atoms with E-state index in [2.05, 4.69) is 15.9 Å². The van der Waals surface area contributed by atoms with Gasteiger partial charge >= 0.3 is 6.09 Å². The molecule has 2 bridgehead atoms. The number of fused-ring (bicyclic) bond motifs is 2. The third-order valence-electron chi connectivity index (χ3n) is 3.07. The molecule has 86 valence electrons. The Balaban J connectivity index is 2.03. The molecule has 2 aliphatic heterocycles. The molecule has 0 N–H and O–H groups in total. The normalized spacial score (nSPS) is 34.7. The summed E-state index contributed by atoms with van der Waals surface area (Å²) in [6.45, 7) is 5.73. The molecule has 2 fully saturated rings. The van der Waals surface area contributed by atoms with Crippen LogP contribution in [0.15, 0.2) is 0 Å². The fraction of sp³-hybridized carbons (Fsp3) is 0.909. The van der Waals surface area contributed by atoms with Gasteiger partial charge in [-0.05, 0) is 40.0 Å². The highest BCUT2D eigenvalue weighted by Crippen LogP contribution is 2.41. The van der Waals surface area contributed by atoms with Gasteiger partial charge in [0, 0.05) is 16.9 Å². The largest absolute Gasteiger partial charge is 0.444 e. The van der Waals surface area contributed by atoms with E-state index in [1.807, 2.05) is 25.7 Å². The Kier molecular flexibility index (Phi) is 2.73. The van der Waals surface area contributed by atoms with Crippen molar-refractivity contribution in [3.05, 3.63) is 0 Å². The van der Waals surface area contributed by atoms with Crippen molar-refractivity contribution in [1.82, 2.24) is 4.90 Å². The van der Waals surface area contributed by atoms with Crippen LogP contribution in [-0.2, 0) is 4.74 Å². The van der Waals surface area contributed by atoms with Crippen LogP contribution in [0.2, 0.25) is 0 Å². The summed E-state index contributed by atoms with van der Waals surface area (Å²) < 4.78 is 5.42. The van der Waals surface area contributed by atoms with Crippen LogP contribution in [0.25, 0.3) is 0 Å². The number of halogens is 1. The molecule has 4 heteroatoms. The summed E-state index contributed by atoms with van der Waals surface area (Å²) in [5, 5.41) is 0. The molecule has 0 aromatic rings. The van der Waals surface area contributed by atoms with Gasteiger partial charge in [-0.3, -0.25) is 0 Å². The zero-order chi connectivity index (χ0) is 11.2. The maximum Gasteiger partial charge on any atom is 0.410 e. The third-order valence-corrected chi connectivity index (χ3v) is 4.05. The van der Waals surface area contributed by atoms with E-state index in [1.165, 1.54) is 0 Å². The summed E-state index contributed by atoms with van der Waals surface area (Å²) in [5.74, 6) is 0. The lowest BCUT2D eigenvalue weighted by atomic mass is 10.0. The number of rotatable bonds is 0. The van der Waals surface area contributed by atoms with Gasteiger partial charge in [0.2, 0.25) is 0 Å². The molecular formula is C11H18BrNO2. The highest BCUT2D eigenvalue weighted by atomic mass is 79.9. The number of nitrogens with zero attached hydrogens (tertiary/aromatic N) is 1. The third kappa shape index (κ3) is 2.14. The Bertz CT molecular complexity index is 274. The van der Waals surface area contributed by atoms with Gasteiger partial charge in [-0.1, -0.05) is 15.9 Å². The number of hydrogen-bond donors (Lipinski definition) is 0. The Morgan fingerprint density at radius 3 is 2.47 bits per heavy atom. The molecule has 0 spiro atoms. The molecular weight excluding hydrogens is 258 g/mol. The summed E-state index contributed by atoms with van der Waals surface area (Å²) in [6.07, 6.45) is 3.17. The number of alkyl halides is 1. The lowest BCUT2D eigenvalue weighted by molar-refractivity contribution is 0.0218. The fourth-order valence-electron chi connectivity index (χ4n) is 2.51. The maximum atomic E-state index is 12.0. The Hall–Kier alpha value is -0.250. The molecule has 2 heterocycles. The smallest absolute Gasteiger partial charge is 0.410 e. The average Bonchev–Trinajstić information content (AvgIpc) is 2.55. The van der Waals surface area contributed by atoms with Crippen LogP contribution in [0.1, 0.15) is 40.0 Å². The molecule has 0 aromatic carbocycles. The summed E-state index contributed by atoms with van der Waals surface area (Å²) >= 11 is 3.63. The van der Waals surface area contributed by atoms with Crippen molar-refractivity contribution < 1.29 is 9.53 Å². The fourth-order valence-corrected chi connectivity index (χ4v) is 3.47. The van der Waals surface area contributed by atoms with Gasteiger partial charge in [0.15, 0.2) is 0 Å². The van der Waals surface area contributed by atoms with Crippen LogP contribution in [0, 0.1) is 0 Å². The first-order valence-corrected chi connectivity index (χ1v) is 6.45. The van der Waals surface area contributed by atoms with Crippen LogP contribution in [0.5, 0.6) is 0 Å². The van der Waals surface area contributed by atoms with Crippen molar-refractivity contribution in [3.8, 4) is 0 Å². The average molecular weight is 276 g/mol. The minimum atomic E-state index is -0.388. The van der Waals surface area contributed by atoms with E-state index < -0.39 is 0 Å². The van der Waals surface area contributed by atoms with Gasteiger partial charge in [0.05, 0.1) is 0 Å². The van der Waals surface area contributed by atoms with E-state index in [-0.39, 0.29) is 11.7 Å². The zero-order valence-electron chi connectivity index (χ0n) is 9.50. The van der Waals surface area contributed by atoms with Crippen molar-refractivity contribution in [3.63, 3.8) is 0 Å². The Labute approximate surface area is 99.3 Å². The molecule has 2 rings (SSSR count). The molecule has 2 aliphatic rings. The van der Waals surface area contributed by atoms with E-state index in [9.17, 15) is 4.79 Å². The minimum absolute atomic E-state index is 0.142. The van der Waals surface area contributed by atoms with Crippen molar-refractivity contribution in [1.29, 1.82) is 0 Å². The molecule has 0 aromatic heterocycles. The van der Waals surface area contributed by atoms with Gasteiger partial charge in [-0.2, -0.15) is 0 Å². The molecule has 15 heavy (non-hydrogen) atoms. The first-order chi connectivity index (χ1) is 6.88. The van der Waals surface area contributed by atoms with Crippen molar-refractivity contribution in [2.24, 2.45) is 0 Å². The second-order valence-corrected chi connectivity index (χ2v) is 6.61. The van der Waals surface area contributed by atoms with Gasteiger partial charge in [-0.25, -0.2) is 4.79 Å². The monoisotopic (exact) mass is 275 g/mol. The van der Waals surface area contributed by atoms with E-state index in [0.29, 0.717) is 16.9 Å². The number of amides is 1. The van der Waals surface area contributed by atoms with E-state index in [0.717, 1.165) is 19.3 Å². The van der Waals surface area contributed by atoms with Gasteiger partial charge < -0.3 is 9.64 Å². The predicted octanol–water partition coefficient (Wildman–Crippen LogP) is 2.92. The molecule has 0 saturated carbocycles. The molecule has 0 aliphatic carbocycles. The SMILES string of the molecule is CC(C)(C)OC(=O)N1[C@H]2CC[C@@H]1[C@H](Br)C2. The number of ether oxygens (including phenoxy) is 1. The van der Waals surface area contributed by atoms with Crippen LogP contribution in [0.3, 0.4) is 0 Å². The summed E-state index contributed by atoms with van der Waals surface area (Å²) in [7, 11) is 0. The number of carbonyl (C=O) groups is 1. The lowest BCUT2D eigenvalue weighted by Gasteiger charge is -2.27. The van der Waals surface area contributed by atoms with Gasteiger partial charge in [0.1, 0.15) is 5.60 Å². The quantitative estimate of drug-likeness (QED) is 0.637. The molecule has 0 unspecified atom stereocenters. The van der Waals surface area contributed by atoms with Crippen LogP contribution in [0.4, 0.5) is 4.79 Å². The molecule has 1 amide bonds. The molecule has 0 radical (unpaired) electrons. The standard InChI is InChI=1S/C11H18BrNO2/c1-11(2,3)15-10(14)13-7-4-5-9(13)8(12)6-7/h7-9H,4-6H2,1-3H3/t7-,8+,9+/m0/s1. The summed E-state index contributed by atoms with van der Waals surface area (Å²) in [4.78, 5) is 14.3. The minimum Gasteiger partial charge on any atom is -0.444 e. The summed E-state index contributed by atoms with van der Waals surface area (Å²) in [5.41, 5.74) is -0.388. The van der Waals surface area contributed by atoms with Crippen molar-refractivity contribution in [2.75, 3.05) is 0 Å². The zero-order valence-corrected chi connectivity index (χ0v) is 11.1. The van der Waals surface area contributed by atoms with E-state index in [4.69, 9.17) is 4.74 Å². The topological polar surface area (TPSA) is 29.5 Å². The van der Waals surface area contributed by atoms with Crippen molar-refractivity contribution >= 4 is 22.0 Å². The van der Waals surface area contributed by atoms with E-state index >= 15 is 0 Å². The van der Waals surface area contributed by atoms with Gasteiger partial charge in [-0.15, -0.1) is 0 Å². The molecule has 3 nitrogen and oxygen atoms in total. The van der Waals surface area contributed by atoms with Crippen LogP contribution in [-0.4, -0.2) is 33.5 Å². The van der Waals surface area contributed by atoms with Crippen LogP contribution >= 0.6 is 15.9 Å². The predicted molar refractivity (Wildman–Crippen MR) is 62.2 cm³/mol. The Morgan fingerprint density at radius 2 is 2.07 bits per heavy atom. The van der Waals surface area contributed by atoms with Gasteiger partial charge in [0.25, 0.3) is 0 Å². The maximum absolute atomic E-state index is 12.0. The van der Waals surface area contributed by atoms with Crippen LogP contribution < -0.4 is 0 Å².